The molecule has 1 aliphatic heterocycles. The maximum Gasteiger partial charge on any atom is 0.514 e. The SMILES string of the molecule is CC1(C)OB(c2ccnn2CC(F)(F)C(F)F)OC1(C)C. The molecule has 1 aliphatic rings. The van der Waals surface area contributed by atoms with E-state index in [-0.39, 0.29) is 5.59 Å². The Balaban J connectivity index is 2.23. The van der Waals surface area contributed by atoms with E-state index in [1.807, 2.05) is 27.7 Å². The molecule has 0 unspecified atom stereocenters. The molecule has 4 nitrogen and oxygen atoms in total. The predicted octanol–water partition coefficient (Wildman–Crippen LogP) is 2.08. The smallest absolute Gasteiger partial charge is 0.398 e. The Bertz CT molecular complexity index is 503. The summed E-state index contributed by atoms with van der Waals surface area (Å²) in [7, 11) is -0.925. The quantitative estimate of drug-likeness (QED) is 0.631. The summed E-state index contributed by atoms with van der Waals surface area (Å²) in [5.41, 5.74) is -1.12. The molecule has 9 heteroatoms. The summed E-state index contributed by atoms with van der Waals surface area (Å²) < 4.78 is 63.2. The van der Waals surface area contributed by atoms with Gasteiger partial charge in [0.1, 0.15) is 6.54 Å². The average molecular weight is 308 g/mol. The zero-order valence-corrected chi connectivity index (χ0v) is 12.2. The van der Waals surface area contributed by atoms with Crippen LogP contribution < -0.4 is 5.59 Å². The lowest BCUT2D eigenvalue weighted by molar-refractivity contribution is -0.139. The highest BCUT2D eigenvalue weighted by Crippen LogP contribution is 2.36. The molecule has 0 radical (unpaired) electrons. The topological polar surface area (TPSA) is 36.3 Å². The van der Waals surface area contributed by atoms with E-state index in [0.717, 1.165) is 4.68 Å². The van der Waals surface area contributed by atoms with E-state index in [1.165, 1.54) is 12.3 Å². The van der Waals surface area contributed by atoms with Gasteiger partial charge < -0.3 is 9.31 Å². The maximum atomic E-state index is 13.2. The summed E-state index contributed by atoms with van der Waals surface area (Å²) in [5.74, 6) is -4.16. The van der Waals surface area contributed by atoms with Crippen molar-refractivity contribution in [1.82, 2.24) is 9.78 Å². The van der Waals surface area contributed by atoms with Crippen molar-refractivity contribution in [2.45, 2.75) is 57.8 Å². The lowest BCUT2D eigenvalue weighted by Gasteiger charge is -2.32. The van der Waals surface area contributed by atoms with Gasteiger partial charge in [0.25, 0.3) is 0 Å². The monoisotopic (exact) mass is 308 g/mol. The van der Waals surface area contributed by atoms with Crippen LogP contribution in [-0.4, -0.2) is 40.4 Å². The van der Waals surface area contributed by atoms with Gasteiger partial charge in [-0.1, -0.05) is 0 Å². The van der Waals surface area contributed by atoms with Crippen molar-refractivity contribution in [3.8, 4) is 0 Å². The Morgan fingerprint density at radius 2 is 1.76 bits per heavy atom. The van der Waals surface area contributed by atoms with Crippen molar-refractivity contribution >= 4 is 12.7 Å². The summed E-state index contributed by atoms with van der Waals surface area (Å²) >= 11 is 0. The molecule has 2 heterocycles. The summed E-state index contributed by atoms with van der Waals surface area (Å²) in [6.45, 7) is 6.00. The normalized spacial score (nSPS) is 21.3. The summed E-state index contributed by atoms with van der Waals surface area (Å²) in [4.78, 5) is 0. The van der Waals surface area contributed by atoms with Gasteiger partial charge in [-0.05, 0) is 33.8 Å². The average Bonchev–Trinajstić information content (AvgIpc) is 2.81. The summed E-state index contributed by atoms with van der Waals surface area (Å²) in [6.07, 6.45) is -2.50. The summed E-state index contributed by atoms with van der Waals surface area (Å²) in [5, 5.41) is 3.67. The largest absolute Gasteiger partial charge is 0.514 e. The van der Waals surface area contributed by atoms with Gasteiger partial charge in [-0.2, -0.15) is 13.9 Å². The second-order valence-electron chi connectivity index (χ2n) is 6.06. The third-order valence-corrected chi connectivity index (χ3v) is 3.92. The van der Waals surface area contributed by atoms with E-state index in [2.05, 4.69) is 5.10 Å². The number of nitrogens with zero attached hydrogens (tertiary/aromatic N) is 2. The van der Waals surface area contributed by atoms with Crippen LogP contribution in [0.5, 0.6) is 0 Å². The van der Waals surface area contributed by atoms with Crippen LogP contribution >= 0.6 is 0 Å². The standard InChI is InChI=1S/C12H17BF4N2O2/c1-10(2)11(3,4)21-13(20-10)8-5-6-18-19(8)7-12(16,17)9(14)15/h5-6,9H,7H2,1-4H3. The fraction of sp³-hybridized carbons (Fsp3) is 0.750. The minimum Gasteiger partial charge on any atom is -0.398 e. The maximum absolute atomic E-state index is 13.2. The molecule has 0 N–H and O–H groups in total. The van der Waals surface area contributed by atoms with E-state index in [1.54, 1.807) is 0 Å². The molecule has 2 rings (SSSR count). The minimum atomic E-state index is -4.16. The van der Waals surface area contributed by atoms with Crippen LogP contribution in [0.4, 0.5) is 17.6 Å². The molecule has 1 aromatic rings. The molecule has 1 fully saturated rings. The molecule has 21 heavy (non-hydrogen) atoms. The number of rotatable bonds is 4. The molecule has 118 valence electrons. The second kappa shape index (κ2) is 4.98. The molecule has 1 aromatic heterocycles. The fourth-order valence-corrected chi connectivity index (χ4v) is 1.91. The van der Waals surface area contributed by atoms with Crippen LogP contribution in [0.3, 0.4) is 0 Å². The Morgan fingerprint density at radius 1 is 1.24 bits per heavy atom. The van der Waals surface area contributed by atoms with Gasteiger partial charge in [-0.25, -0.2) is 8.78 Å². The number of aromatic nitrogens is 2. The van der Waals surface area contributed by atoms with E-state index in [9.17, 15) is 17.6 Å². The Labute approximate surface area is 120 Å². The molecule has 0 spiro atoms. The first kappa shape index (κ1) is 16.3. The minimum absolute atomic E-state index is 0.189. The van der Waals surface area contributed by atoms with Gasteiger partial charge in [0.2, 0.25) is 0 Å². The Kier molecular flexibility index (Phi) is 3.86. The molecular weight excluding hydrogens is 291 g/mol. The van der Waals surface area contributed by atoms with E-state index >= 15 is 0 Å². The van der Waals surface area contributed by atoms with Crippen LogP contribution in [0.2, 0.25) is 0 Å². The van der Waals surface area contributed by atoms with Crippen molar-refractivity contribution in [2.24, 2.45) is 0 Å². The van der Waals surface area contributed by atoms with Crippen molar-refractivity contribution in [3.05, 3.63) is 12.3 Å². The molecule has 0 atom stereocenters. The van der Waals surface area contributed by atoms with Gasteiger partial charge in [0.05, 0.1) is 16.8 Å². The molecule has 0 aromatic carbocycles. The van der Waals surface area contributed by atoms with Gasteiger partial charge in [0.15, 0.2) is 0 Å². The predicted molar refractivity (Wildman–Crippen MR) is 68.9 cm³/mol. The first-order valence-electron chi connectivity index (χ1n) is 6.49. The molecule has 0 amide bonds. The van der Waals surface area contributed by atoms with Crippen LogP contribution in [0.15, 0.2) is 12.3 Å². The van der Waals surface area contributed by atoms with Crippen LogP contribution in [0, 0.1) is 0 Å². The van der Waals surface area contributed by atoms with E-state index in [4.69, 9.17) is 9.31 Å². The first-order valence-corrected chi connectivity index (χ1v) is 6.49. The number of halogens is 4. The number of alkyl halides is 4. The third-order valence-electron chi connectivity index (χ3n) is 3.92. The molecule has 0 bridgehead atoms. The zero-order valence-electron chi connectivity index (χ0n) is 12.2. The number of hydrogen-bond acceptors (Lipinski definition) is 3. The third kappa shape index (κ3) is 2.94. The number of hydrogen-bond donors (Lipinski definition) is 0. The van der Waals surface area contributed by atoms with E-state index in [0.29, 0.717) is 0 Å². The zero-order chi connectivity index (χ0) is 16.1. The van der Waals surface area contributed by atoms with E-state index < -0.39 is 37.2 Å². The van der Waals surface area contributed by atoms with Gasteiger partial charge in [-0.15, -0.1) is 0 Å². The van der Waals surface area contributed by atoms with Crippen molar-refractivity contribution in [3.63, 3.8) is 0 Å². The van der Waals surface area contributed by atoms with Gasteiger partial charge in [-0.3, -0.25) is 4.68 Å². The first-order chi connectivity index (χ1) is 9.46. The van der Waals surface area contributed by atoms with Gasteiger partial charge >= 0.3 is 19.5 Å². The highest BCUT2D eigenvalue weighted by Gasteiger charge is 2.53. The molecular formula is C12H17BF4N2O2. The highest BCUT2D eigenvalue weighted by atomic mass is 19.3. The van der Waals surface area contributed by atoms with Crippen molar-refractivity contribution in [1.29, 1.82) is 0 Å². The lowest BCUT2D eigenvalue weighted by atomic mass is 9.84. The second-order valence-corrected chi connectivity index (χ2v) is 6.06. The van der Waals surface area contributed by atoms with Crippen LogP contribution in [-0.2, 0) is 15.9 Å². The Morgan fingerprint density at radius 3 is 2.24 bits per heavy atom. The van der Waals surface area contributed by atoms with Crippen molar-refractivity contribution in [2.75, 3.05) is 0 Å². The van der Waals surface area contributed by atoms with Crippen LogP contribution in [0.25, 0.3) is 0 Å². The molecule has 0 saturated carbocycles. The lowest BCUT2D eigenvalue weighted by Crippen LogP contribution is -2.44. The Hall–Kier alpha value is -1.09. The summed E-state index contributed by atoms with van der Waals surface area (Å²) in [6, 6.07) is 1.42. The molecule has 1 saturated heterocycles. The van der Waals surface area contributed by atoms with Gasteiger partial charge in [0, 0.05) is 6.20 Å². The van der Waals surface area contributed by atoms with Crippen LogP contribution in [0.1, 0.15) is 27.7 Å². The van der Waals surface area contributed by atoms with Crippen molar-refractivity contribution < 1.29 is 26.9 Å². The fourth-order valence-electron chi connectivity index (χ4n) is 1.91. The highest BCUT2D eigenvalue weighted by molar-refractivity contribution is 6.61. The molecule has 0 aliphatic carbocycles.